The number of nitrogens with one attached hydrogen (secondary N) is 2. The van der Waals surface area contributed by atoms with Gasteiger partial charge in [-0.25, -0.2) is 8.42 Å². The molecule has 0 aliphatic carbocycles. The van der Waals surface area contributed by atoms with Crippen LogP contribution in [-0.2, 0) is 21.4 Å². The quantitative estimate of drug-likeness (QED) is 0.698. The fourth-order valence-corrected chi connectivity index (χ4v) is 4.41. The third kappa shape index (κ3) is 3.75. The Morgan fingerprint density at radius 1 is 0.964 bits per heavy atom. The van der Waals surface area contributed by atoms with Gasteiger partial charge in [0.25, 0.3) is 10.0 Å². The van der Waals surface area contributed by atoms with E-state index < -0.39 is 10.0 Å². The van der Waals surface area contributed by atoms with Gasteiger partial charge >= 0.3 is 0 Å². The first-order valence-electron chi connectivity index (χ1n) is 8.94. The lowest BCUT2D eigenvalue weighted by atomic mass is 10.1. The minimum Gasteiger partial charge on any atom is -0.352 e. The summed E-state index contributed by atoms with van der Waals surface area (Å²) in [6.45, 7) is 0.644. The average molecular weight is 393 g/mol. The number of amides is 1. The van der Waals surface area contributed by atoms with Crippen molar-refractivity contribution in [3.05, 3.63) is 77.9 Å². The van der Waals surface area contributed by atoms with Crippen molar-refractivity contribution in [1.29, 1.82) is 0 Å². The number of fused-ring (bicyclic) bond motifs is 2. The Balaban J connectivity index is 1.34. The van der Waals surface area contributed by atoms with Crippen LogP contribution in [0, 0.1) is 0 Å². The molecular weight excluding hydrogens is 374 g/mol. The number of nitrogens with zero attached hydrogens (tertiary/aromatic N) is 1. The first kappa shape index (κ1) is 18.2. The lowest BCUT2D eigenvalue weighted by Gasteiger charge is -2.06. The van der Waals surface area contributed by atoms with Gasteiger partial charge in [0.15, 0.2) is 0 Å². The fourth-order valence-electron chi connectivity index (χ4n) is 3.16. The van der Waals surface area contributed by atoms with Crippen molar-refractivity contribution in [3.63, 3.8) is 0 Å². The van der Waals surface area contributed by atoms with Gasteiger partial charge in [-0.3, -0.25) is 14.5 Å². The minimum atomic E-state index is -3.55. The number of hydrogen-bond donors (Lipinski definition) is 2. The second-order valence-corrected chi connectivity index (χ2v) is 8.19. The van der Waals surface area contributed by atoms with Crippen LogP contribution in [0.5, 0.6) is 0 Å². The average Bonchev–Trinajstić information content (AvgIpc) is 2.97. The fraction of sp³-hybridized carbons (Fsp3) is 0.143. The van der Waals surface area contributed by atoms with E-state index in [1.807, 2.05) is 36.4 Å². The number of sulfonamides is 1. The summed E-state index contributed by atoms with van der Waals surface area (Å²) < 4.78 is 26.5. The standard InChI is InChI=1S/C21H19N3O3S/c25-20(23-14-15-9-10-16-5-1-2-6-17(16)13-15)11-12-22-21-18-7-3-4-8-19(18)28(26,27)24-21/h1-10,13H,11-12,14H2,(H,22,24)(H,23,25). The van der Waals surface area contributed by atoms with Crippen LogP contribution in [0.15, 0.2) is 76.6 Å². The smallest absolute Gasteiger partial charge is 0.263 e. The molecule has 6 nitrogen and oxygen atoms in total. The molecule has 3 aromatic carbocycles. The van der Waals surface area contributed by atoms with Gasteiger partial charge in [-0.2, -0.15) is 0 Å². The second kappa shape index (κ2) is 7.44. The van der Waals surface area contributed by atoms with Crippen molar-refractivity contribution in [3.8, 4) is 0 Å². The lowest BCUT2D eigenvalue weighted by molar-refractivity contribution is -0.121. The Bertz CT molecular complexity index is 1190. The molecule has 0 unspecified atom stereocenters. The highest BCUT2D eigenvalue weighted by Crippen LogP contribution is 2.22. The zero-order chi connectivity index (χ0) is 19.6. The molecule has 0 radical (unpaired) electrons. The van der Waals surface area contributed by atoms with E-state index in [1.165, 1.54) is 6.07 Å². The molecule has 142 valence electrons. The van der Waals surface area contributed by atoms with Crippen molar-refractivity contribution in [2.75, 3.05) is 6.54 Å². The van der Waals surface area contributed by atoms with Gasteiger partial charge in [-0.05, 0) is 34.5 Å². The molecule has 0 saturated heterocycles. The number of aliphatic imine (C=N–C) groups is 1. The summed E-state index contributed by atoms with van der Waals surface area (Å²) in [5, 5.41) is 5.17. The van der Waals surface area contributed by atoms with E-state index >= 15 is 0 Å². The third-order valence-corrected chi connectivity index (χ3v) is 5.97. The predicted molar refractivity (Wildman–Crippen MR) is 109 cm³/mol. The molecule has 1 aliphatic rings. The summed E-state index contributed by atoms with van der Waals surface area (Å²) >= 11 is 0. The third-order valence-electron chi connectivity index (χ3n) is 4.58. The highest BCUT2D eigenvalue weighted by atomic mass is 32.2. The monoisotopic (exact) mass is 393 g/mol. The summed E-state index contributed by atoms with van der Waals surface area (Å²) in [4.78, 5) is 16.6. The van der Waals surface area contributed by atoms with E-state index in [-0.39, 0.29) is 29.6 Å². The number of carbonyl (C=O) groups excluding carboxylic acids is 1. The summed E-state index contributed by atoms with van der Waals surface area (Å²) in [6, 6.07) is 20.8. The van der Waals surface area contributed by atoms with E-state index in [1.54, 1.807) is 18.2 Å². The molecule has 1 amide bonds. The molecule has 0 spiro atoms. The Morgan fingerprint density at radius 2 is 1.71 bits per heavy atom. The number of amidine groups is 1. The maximum atomic E-state index is 12.1. The molecule has 0 aromatic heterocycles. The van der Waals surface area contributed by atoms with E-state index in [2.05, 4.69) is 21.1 Å². The molecule has 7 heteroatoms. The molecule has 2 N–H and O–H groups in total. The summed E-state index contributed by atoms with van der Waals surface area (Å²) in [7, 11) is -3.55. The highest BCUT2D eigenvalue weighted by Gasteiger charge is 2.29. The van der Waals surface area contributed by atoms with Crippen LogP contribution < -0.4 is 10.0 Å². The van der Waals surface area contributed by atoms with Gasteiger partial charge in [0.2, 0.25) is 5.91 Å². The topological polar surface area (TPSA) is 87.6 Å². The van der Waals surface area contributed by atoms with Gasteiger partial charge in [0.1, 0.15) is 5.84 Å². The number of benzene rings is 3. The van der Waals surface area contributed by atoms with Crippen LogP contribution in [0.1, 0.15) is 17.5 Å². The van der Waals surface area contributed by atoms with Gasteiger partial charge < -0.3 is 5.32 Å². The van der Waals surface area contributed by atoms with Crippen molar-refractivity contribution >= 4 is 32.5 Å². The minimum absolute atomic E-state index is 0.133. The zero-order valence-corrected chi connectivity index (χ0v) is 15.9. The Morgan fingerprint density at radius 3 is 2.57 bits per heavy atom. The van der Waals surface area contributed by atoms with Crippen LogP contribution >= 0.6 is 0 Å². The van der Waals surface area contributed by atoms with Crippen molar-refractivity contribution in [1.82, 2.24) is 10.0 Å². The van der Waals surface area contributed by atoms with Crippen LogP contribution in [0.25, 0.3) is 10.8 Å². The van der Waals surface area contributed by atoms with Crippen LogP contribution in [-0.4, -0.2) is 26.7 Å². The lowest BCUT2D eigenvalue weighted by Crippen LogP contribution is -2.25. The van der Waals surface area contributed by atoms with E-state index in [9.17, 15) is 13.2 Å². The Hall–Kier alpha value is -3.19. The highest BCUT2D eigenvalue weighted by molar-refractivity contribution is 7.90. The Kier molecular flexibility index (Phi) is 4.83. The van der Waals surface area contributed by atoms with Crippen LogP contribution in [0.3, 0.4) is 0 Å². The van der Waals surface area contributed by atoms with Crippen LogP contribution in [0.2, 0.25) is 0 Å². The zero-order valence-electron chi connectivity index (χ0n) is 15.1. The van der Waals surface area contributed by atoms with Crippen LogP contribution in [0.4, 0.5) is 0 Å². The molecule has 3 aromatic rings. The van der Waals surface area contributed by atoms with E-state index in [4.69, 9.17) is 0 Å². The normalized spacial score (nSPS) is 15.9. The molecule has 1 heterocycles. The van der Waals surface area contributed by atoms with Gasteiger partial charge in [-0.15, -0.1) is 0 Å². The number of carbonyl (C=O) groups is 1. The first-order valence-corrected chi connectivity index (χ1v) is 10.4. The number of rotatable bonds is 5. The van der Waals surface area contributed by atoms with Gasteiger partial charge in [0, 0.05) is 18.5 Å². The van der Waals surface area contributed by atoms with Crippen molar-refractivity contribution in [2.24, 2.45) is 4.99 Å². The second-order valence-electron chi connectivity index (χ2n) is 6.54. The SMILES string of the molecule is O=C(CCN=C1NS(=O)(=O)c2ccccc21)NCc1ccc2ccccc2c1. The molecule has 1 aliphatic heterocycles. The predicted octanol–water partition coefficient (Wildman–Crippen LogP) is 2.58. The molecule has 0 bridgehead atoms. The van der Waals surface area contributed by atoms with Gasteiger partial charge in [0.05, 0.1) is 11.4 Å². The molecule has 0 atom stereocenters. The van der Waals surface area contributed by atoms with E-state index in [0.717, 1.165) is 16.3 Å². The molecule has 0 fully saturated rings. The van der Waals surface area contributed by atoms with Crippen molar-refractivity contribution in [2.45, 2.75) is 17.9 Å². The maximum absolute atomic E-state index is 12.1. The largest absolute Gasteiger partial charge is 0.352 e. The van der Waals surface area contributed by atoms with Gasteiger partial charge in [-0.1, -0.05) is 48.5 Å². The maximum Gasteiger partial charge on any atom is 0.263 e. The van der Waals surface area contributed by atoms with E-state index in [0.29, 0.717) is 12.1 Å². The summed E-state index contributed by atoms with van der Waals surface area (Å²) in [5.74, 6) is 0.157. The summed E-state index contributed by atoms with van der Waals surface area (Å²) in [5.41, 5.74) is 1.56. The molecule has 28 heavy (non-hydrogen) atoms. The number of hydrogen-bond acceptors (Lipinski definition) is 4. The molecule has 0 saturated carbocycles. The van der Waals surface area contributed by atoms with Crippen molar-refractivity contribution < 1.29 is 13.2 Å². The summed E-state index contributed by atoms with van der Waals surface area (Å²) in [6.07, 6.45) is 0.182. The first-order chi connectivity index (χ1) is 13.5. The molecular formula is C21H19N3O3S. The Labute approximate surface area is 163 Å². The molecule has 4 rings (SSSR count).